The number of anilines is 1. The predicted octanol–water partition coefficient (Wildman–Crippen LogP) is 3.85. The Balaban J connectivity index is 1.84. The van der Waals surface area contributed by atoms with Gasteiger partial charge in [-0.2, -0.15) is 0 Å². The van der Waals surface area contributed by atoms with Gasteiger partial charge in [0, 0.05) is 23.3 Å². The molecule has 7 nitrogen and oxygen atoms in total. The Hall–Kier alpha value is -2.77. The van der Waals surface area contributed by atoms with Gasteiger partial charge in [0.1, 0.15) is 0 Å². The van der Waals surface area contributed by atoms with Crippen molar-refractivity contribution in [2.75, 3.05) is 39.2 Å². The van der Waals surface area contributed by atoms with Gasteiger partial charge in [-0.1, -0.05) is 11.6 Å². The van der Waals surface area contributed by atoms with Crippen LogP contribution in [0.25, 0.3) is 0 Å². The number of nitrogens with zero attached hydrogens (tertiary/aromatic N) is 1. The first-order valence-corrected chi connectivity index (χ1v) is 10.5. The highest BCUT2D eigenvalue weighted by molar-refractivity contribution is 6.30. The van der Waals surface area contributed by atoms with Crippen LogP contribution in [0.2, 0.25) is 5.02 Å². The molecule has 2 aromatic carbocycles. The minimum Gasteiger partial charge on any atom is -0.493 e. The monoisotopic (exact) mass is 446 g/mol. The highest BCUT2D eigenvalue weighted by Crippen LogP contribution is 2.39. The molecule has 3 rings (SSSR count). The molecule has 0 saturated heterocycles. The standard InChI is InChI=1S/C23H27ClN2O5/c1-4-31-23(28)13-19-18-12-21(30-3)20(29-2)11-15(18)9-10-26(19)14-22(27)25-17-7-5-16(24)6-8-17/h5-8,11-12,19H,4,9-10,13-14H2,1-3H3,(H,25,27)/t19-/m0/s1. The van der Waals surface area contributed by atoms with E-state index in [-0.39, 0.29) is 30.9 Å². The van der Waals surface area contributed by atoms with Crippen molar-refractivity contribution in [3.8, 4) is 11.5 Å². The summed E-state index contributed by atoms with van der Waals surface area (Å²) >= 11 is 5.91. The average Bonchev–Trinajstić information content (AvgIpc) is 2.76. The Bertz CT molecular complexity index is 932. The van der Waals surface area contributed by atoms with E-state index < -0.39 is 0 Å². The van der Waals surface area contributed by atoms with Crippen LogP contribution >= 0.6 is 11.6 Å². The molecular formula is C23H27ClN2O5. The topological polar surface area (TPSA) is 77.1 Å². The van der Waals surface area contributed by atoms with E-state index >= 15 is 0 Å². The quantitative estimate of drug-likeness (QED) is 0.621. The van der Waals surface area contributed by atoms with E-state index in [9.17, 15) is 9.59 Å². The van der Waals surface area contributed by atoms with Crippen LogP contribution in [0.15, 0.2) is 36.4 Å². The van der Waals surface area contributed by atoms with Gasteiger partial charge in [-0.05, 0) is 60.9 Å². The van der Waals surface area contributed by atoms with Gasteiger partial charge in [-0.15, -0.1) is 0 Å². The molecule has 0 radical (unpaired) electrons. The number of ether oxygens (including phenoxy) is 3. The number of rotatable bonds is 8. The largest absolute Gasteiger partial charge is 0.493 e. The molecular weight excluding hydrogens is 420 g/mol. The predicted molar refractivity (Wildman–Crippen MR) is 119 cm³/mol. The van der Waals surface area contributed by atoms with Gasteiger partial charge in [0.15, 0.2) is 11.5 Å². The van der Waals surface area contributed by atoms with Crippen LogP contribution in [0.5, 0.6) is 11.5 Å². The van der Waals surface area contributed by atoms with Crippen molar-refractivity contribution < 1.29 is 23.8 Å². The summed E-state index contributed by atoms with van der Waals surface area (Å²) in [5.41, 5.74) is 2.68. The second-order valence-electron chi connectivity index (χ2n) is 7.21. The Labute approximate surface area is 187 Å². The highest BCUT2D eigenvalue weighted by Gasteiger charge is 2.32. The fourth-order valence-electron chi connectivity index (χ4n) is 3.80. The maximum atomic E-state index is 12.7. The van der Waals surface area contributed by atoms with Crippen LogP contribution in [0.4, 0.5) is 5.69 Å². The van der Waals surface area contributed by atoms with Gasteiger partial charge in [-0.25, -0.2) is 0 Å². The van der Waals surface area contributed by atoms with Crippen LogP contribution in [0.1, 0.15) is 30.5 Å². The molecule has 1 atom stereocenters. The molecule has 0 unspecified atom stereocenters. The second-order valence-corrected chi connectivity index (χ2v) is 7.64. The molecule has 0 saturated carbocycles. The third kappa shape index (κ3) is 5.68. The Morgan fingerprint density at radius 1 is 1.13 bits per heavy atom. The van der Waals surface area contributed by atoms with Gasteiger partial charge in [-0.3, -0.25) is 14.5 Å². The van der Waals surface area contributed by atoms with Crippen LogP contribution in [0, 0.1) is 0 Å². The van der Waals surface area contributed by atoms with Crippen LogP contribution in [-0.2, 0) is 20.7 Å². The first-order chi connectivity index (χ1) is 14.9. The summed E-state index contributed by atoms with van der Waals surface area (Å²) in [6.07, 6.45) is 0.869. The van der Waals surface area contributed by atoms with Crippen molar-refractivity contribution in [2.45, 2.75) is 25.8 Å². The smallest absolute Gasteiger partial charge is 0.307 e. The summed E-state index contributed by atoms with van der Waals surface area (Å²) in [7, 11) is 3.17. The maximum absolute atomic E-state index is 12.7. The molecule has 1 aliphatic rings. The molecule has 8 heteroatoms. The Morgan fingerprint density at radius 3 is 2.45 bits per heavy atom. The minimum absolute atomic E-state index is 0.139. The zero-order chi connectivity index (χ0) is 22.4. The number of halogens is 1. The number of methoxy groups -OCH3 is 2. The zero-order valence-corrected chi connectivity index (χ0v) is 18.7. The fraction of sp³-hybridized carbons (Fsp3) is 0.391. The van der Waals surface area contributed by atoms with E-state index in [4.69, 9.17) is 25.8 Å². The number of amides is 1. The summed E-state index contributed by atoms with van der Waals surface area (Å²) in [5, 5.41) is 3.48. The van der Waals surface area contributed by atoms with E-state index in [1.54, 1.807) is 45.4 Å². The number of hydrogen-bond acceptors (Lipinski definition) is 6. The normalized spacial score (nSPS) is 15.7. The average molecular weight is 447 g/mol. The number of hydrogen-bond donors (Lipinski definition) is 1. The lowest BCUT2D eigenvalue weighted by Gasteiger charge is -2.37. The van der Waals surface area contributed by atoms with E-state index in [0.29, 0.717) is 35.4 Å². The summed E-state index contributed by atoms with van der Waals surface area (Å²) < 4.78 is 16.1. The summed E-state index contributed by atoms with van der Waals surface area (Å²) in [5.74, 6) is 0.756. The van der Waals surface area contributed by atoms with Crippen molar-refractivity contribution in [3.63, 3.8) is 0 Å². The first-order valence-electron chi connectivity index (χ1n) is 10.1. The van der Waals surface area contributed by atoms with E-state index in [0.717, 1.165) is 17.5 Å². The molecule has 166 valence electrons. The van der Waals surface area contributed by atoms with Gasteiger partial charge < -0.3 is 19.5 Å². The number of fused-ring (bicyclic) bond motifs is 1. The van der Waals surface area contributed by atoms with E-state index in [1.807, 2.05) is 17.0 Å². The SMILES string of the molecule is CCOC(=O)C[C@H]1c2cc(OC)c(OC)cc2CCN1CC(=O)Nc1ccc(Cl)cc1. The lowest BCUT2D eigenvalue weighted by Crippen LogP contribution is -2.41. The third-order valence-electron chi connectivity index (χ3n) is 5.25. The summed E-state index contributed by atoms with van der Waals surface area (Å²) in [6, 6.07) is 10.5. The lowest BCUT2D eigenvalue weighted by molar-refractivity contribution is -0.145. The zero-order valence-electron chi connectivity index (χ0n) is 17.9. The van der Waals surface area contributed by atoms with Gasteiger partial charge in [0.25, 0.3) is 0 Å². The van der Waals surface area contributed by atoms with Crippen molar-refractivity contribution in [3.05, 3.63) is 52.5 Å². The van der Waals surface area contributed by atoms with E-state index in [1.165, 1.54) is 0 Å². The molecule has 1 N–H and O–H groups in total. The van der Waals surface area contributed by atoms with Crippen molar-refractivity contribution in [1.82, 2.24) is 4.90 Å². The van der Waals surface area contributed by atoms with Gasteiger partial charge in [0.05, 0.1) is 33.8 Å². The van der Waals surface area contributed by atoms with Crippen LogP contribution < -0.4 is 14.8 Å². The summed E-state index contributed by atoms with van der Waals surface area (Å²) in [6.45, 7) is 2.85. The van der Waals surface area contributed by atoms with Crippen LogP contribution in [-0.4, -0.2) is 50.7 Å². The highest BCUT2D eigenvalue weighted by atomic mass is 35.5. The summed E-state index contributed by atoms with van der Waals surface area (Å²) in [4.78, 5) is 27.0. The fourth-order valence-corrected chi connectivity index (χ4v) is 3.93. The number of benzene rings is 2. The molecule has 0 fully saturated rings. The molecule has 0 aliphatic carbocycles. The number of esters is 1. The van der Waals surface area contributed by atoms with Crippen molar-refractivity contribution in [1.29, 1.82) is 0 Å². The molecule has 0 bridgehead atoms. The van der Waals surface area contributed by atoms with Crippen LogP contribution in [0.3, 0.4) is 0 Å². The Kier molecular flexibility index (Phi) is 7.76. The van der Waals surface area contributed by atoms with Crippen molar-refractivity contribution in [2.24, 2.45) is 0 Å². The molecule has 1 aliphatic heterocycles. The minimum atomic E-state index is -0.307. The first kappa shape index (κ1) is 22.9. The molecule has 0 aromatic heterocycles. The number of nitrogens with one attached hydrogen (secondary N) is 1. The Morgan fingerprint density at radius 2 is 1.81 bits per heavy atom. The number of carbonyl (C=O) groups is 2. The number of carbonyl (C=O) groups excluding carboxylic acids is 2. The molecule has 31 heavy (non-hydrogen) atoms. The second kappa shape index (κ2) is 10.5. The molecule has 2 aromatic rings. The molecule has 1 heterocycles. The molecule has 1 amide bonds. The lowest BCUT2D eigenvalue weighted by atomic mass is 9.90. The van der Waals surface area contributed by atoms with Gasteiger partial charge in [0.2, 0.25) is 5.91 Å². The maximum Gasteiger partial charge on any atom is 0.307 e. The van der Waals surface area contributed by atoms with Gasteiger partial charge >= 0.3 is 5.97 Å². The third-order valence-corrected chi connectivity index (χ3v) is 5.51. The van der Waals surface area contributed by atoms with Crippen molar-refractivity contribution >= 4 is 29.2 Å². The van der Waals surface area contributed by atoms with E-state index in [2.05, 4.69) is 5.32 Å². The molecule has 0 spiro atoms.